The molecule has 156 valence electrons. The second kappa shape index (κ2) is 7.12. The number of benzene rings is 2. The summed E-state index contributed by atoms with van der Waals surface area (Å²) >= 11 is 0. The van der Waals surface area contributed by atoms with Gasteiger partial charge >= 0.3 is 0 Å². The van der Waals surface area contributed by atoms with E-state index >= 15 is 0 Å². The van der Waals surface area contributed by atoms with Crippen molar-refractivity contribution in [3.05, 3.63) is 82.7 Å². The molecule has 1 unspecified atom stereocenters. The number of hydrogen-bond acceptors (Lipinski definition) is 2. The van der Waals surface area contributed by atoms with Gasteiger partial charge in [-0.3, -0.25) is 9.48 Å². The van der Waals surface area contributed by atoms with Gasteiger partial charge in [-0.2, -0.15) is 5.10 Å². The highest BCUT2D eigenvalue weighted by Gasteiger charge is 2.47. The maximum absolute atomic E-state index is 13.6. The van der Waals surface area contributed by atoms with Gasteiger partial charge in [0.1, 0.15) is 6.54 Å². The highest BCUT2D eigenvalue weighted by Crippen LogP contribution is 2.50. The van der Waals surface area contributed by atoms with E-state index in [0.29, 0.717) is 0 Å². The number of nitrogens with zero attached hydrogens (tertiary/aromatic N) is 3. The molecule has 0 fully saturated rings. The Kier molecular flexibility index (Phi) is 4.84. The second-order valence-electron chi connectivity index (χ2n) is 9.52. The van der Waals surface area contributed by atoms with Gasteiger partial charge in [-0.05, 0) is 64.3 Å². The zero-order valence-corrected chi connectivity index (χ0v) is 18.9. The third-order valence-corrected chi connectivity index (χ3v) is 6.42. The van der Waals surface area contributed by atoms with Crippen molar-refractivity contribution in [1.29, 1.82) is 0 Å². The van der Waals surface area contributed by atoms with E-state index in [-0.39, 0.29) is 23.4 Å². The molecule has 0 spiro atoms. The van der Waals surface area contributed by atoms with Crippen molar-refractivity contribution < 1.29 is 4.79 Å². The topological polar surface area (TPSA) is 38.1 Å². The Labute approximate surface area is 179 Å². The van der Waals surface area contributed by atoms with E-state index in [9.17, 15) is 4.79 Å². The van der Waals surface area contributed by atoms with E-state index in [1.54, 1.807) is 0 Å². The van der Waals surface area contributed by atoms with Crippen LogP contribution in [0.2, 0.25) is 0 Å². The normalized spacial score (nSPS) is 20.1. The number of fused-ring (bicyclic) bond motifs is 1. The van der Waals surface area contributed by atoms with Crippen molar-refractivity contribution in [3.8, 4) is 0 Å². The molecule has 4 rings (SSSR count). The van der Waals surface area contributed by atoms with Gasteiger partial charge in [0, 0.05) is 22.3 Å². The highest BCUT2D eigenvalue weighted by atomic mass is 16.2. The van der Waals surface area contributed by atoms with Crippen LogP contribution < -0.4 is 4.90 Å². The van der Waals surface area contributed by atoms with Gasteiger partial charge < -0.3 is 4.90 Å². The molecule has 1 aromatic heterocycles. The summed E-state index contributed by atoms with van der Waals surface area (Å²) in [4.78, 5) is 15.6. The second-order valence-corrected chi connectivity index (χ2v) is 9.52. The summed E-state index contributed by atoms with van der Waals surface area (Å²) in [5, 5.41) is 4.50. The van der Waals surface area contributed by atoms with E-state index in [1.165, 1.54) is 16.7 Å². The molecule has 2 aromatic carbocycles. The molecule has 3 aromatic rings. The van der Waals surface area contributed by atoms with Crippen LogP contribution in [0.3, 0.4) is 0 Å². The van der Waals surface area contributed by atoms with Crippen LogP contribution in [0.5, 0.6) is 0 Å². The first-order valence-corrected chi connectivity index (χ1v) is 10.6. The molecule has 4 heteroatoms. The van der Waals surface area contributed by atoms with Crippen molar-refractivity contribution in [2.45, 2.75) is 65.5 Å². The summed E-state index contributed by atoms with van der Waals surface area (Å²) < 4.78 is 1.81. The van der Waals surface area contributed by atoms with Crippen LogP contribution in [0.15, 0.2) is 54.6 Å². The molecule has 0 N–H and O–H groups in total. The lowest BCUT2D eigenvalue weighted by atomic mass is 9.65. The van der Waals surface area contributed by atoms with E-state index in [1.807, 2.05) is 35.6 Å². The number of amides is 1. The molecule has 0 aliphatic carbocycles. The lowest BCUT2D eigenvalue weighted by molar-refractivity contribution is -0.120. The lowest BCUT2D eigenvalue weighted by Crippen LogP contribution is -2.56. The average molecular weight is 402 g/mol. The molecule has 0 saturated heterocycles. The van der Waals surface area contributed by atoms with Crippen LogP contribution in [0.25, 0.3) is 0 Å². The van der Waals surface area contributed by atoms with Gasteiger partial charge in [0.05, 0.1) is 5.69 Å². The van der Waals surface area contributed by atoms with Crippen molar-refractivity contribution in [1.82, 2.24) is 9.78 Å². The minimum Gasteiger partial charge on any atom is -0.305 e. The fourth-order valence-corrected chi connectivity index (χ4v) is 5.25. The third kappa shape index (κ3) is 3.34. The van der Waals surface area contributed by atoms with Crippen LogP contribution in [0.1, 0.15) is 55.3 Å². The van der Waals surface area contributed by atoms with Gasteiger partial charge in [-0.1, -0.05) is 55.0 Å². The Morgan fingerprint density at radius 1 is 1.00 bits per heavy atom. The summed E-state index contributed by atoms with van der Waals surface area (Å²) in [6.07, 6.45) is 0.851. The number of aromatic nitrogens is 2. The molecule has 1 aliphatic heterocycles. The van der Waals surface area contributed by atoms with Gasteiger partial charge in [0.2, 0.25) is 5.91 Å². The Hall–Kier alpha value is -2.88. The fraction of sp³-hybridized carbons (Fsp3) is 0.385. The fourth-order valence-electron chi connectivity index (χ4n) is 5.25. The molecule has 1 amide bonds. The molecule has 2 heterocycles. The van der Waals surface area contributed by atoms with Crippen LogP contribution in [0, 0.1) is 20.8 Å². The maximum Gasteiger partial charge on any atom is 0.249 e. The molecule has 1 aliphatic rings. The van der Waals surface area contributed by atoms with Crippen molar-refractivity contribution in [2.24, 2.45) is 0 Å². The summed E-state index contributed by atoms with van der Waals surface area (Å²) in [5.41, 5.74) is 6.21. The standard InChI is InChI=1S/C26H31N3O/c1-18-10-9-11-21(14-18)26(6)17-25(4,5)29(23-13-8-7-12-22(23)26)24(30)16-28-20(3)15-19(2)27-28/h7-15H,16-17H2,1-6H3. The first kappa shape index (κ1) is 20.4. The monoisotopic (exact) mass is 401 g/mol. The van der Waals surface area contributed by atoms with Gasteiger partial charge in [0.25, 0.3) is 0 Å². The summed E-state index contributed by atoms with van der Waals surface area (Å²) in [6, 6.07) is 19.1. The Morgan fingerprint density at radius 3 is 2.40 bits per heavy atom. The molecule has 4 nitrogen and oxygen atoms in total. The smallest absolute Gasteiger partial charge is 0.249 e. The Balaban J connectivity index is 1.81. The Bertz CT molecular complexity index is 1110. The minimum absolute atomic E-state index is 0.0740. The van der Waals surface area contributed by atoms with Gasteiger partial charge in [-0.15, -0.1) is 0 Å². The van der Waals surface area contributed by atoms with E-state index in [4.69, 9.17) is 0 Å². The number of aryl methyl sites for hydroxylation is 3. The number of carbonyl (C=O) groups excluding carboxylic acids is 1. The molecule has 30 heavy (non-hydrogen) atoms. The molecular weight excluding hydrogens is 370 g/mol. The number of carbonyl (C=O) groups is 1. The molecule has 0 saturated carbocycles. The third-order valence-electron chi connectivity index (χ3n) is 6.42. The van der Waals surface area contributed by atoms with Crippen LogP contribution in [-0.4, -0.2) is 21.2 Å². The first-order valence-electron chi connectivity index (χ1n) is 10.6. The van der Waals surface area contributed by atoms with Gasteiger partial charge in [-0.25, -0.2) is 0 Å². The summed E-state index contributed by atoms with van der Waals surface area (Å²) in [6.45, 7) is 13.0. The maximum atomic E-state index is 13.6. The van der Waals surface area contributed by atoms with Crippen LogP contribution in [-0.2, 0) is 16.8 Å². The van der Waals surface area contributed by atoms with Crippen molar-refractivity contribution in [2.75, 3.05) is 4.90 Å². The number of rotatable bonds is 3. The Morgan fingerprint density at radius 2 is 1.73 bits per heavy atom. The van der Waals surface area contributed by atoms with Gasteiger partial charge in [0.15, 0.2) is 0 Å². The largest absolute Gasteiger partial charge is 0.305 e. The first-order chi connectivity index (χ1) is 14.1. The molecule has 0 radical (unpaired) electrons. The lowest BCUT2D eigenvalue weighted by Gasteiger charge is -2.51. The molecular formula is C26H31N3O. The summed E-state index contributed by atoms with van der Waals surface area (Å²) in [5.74, 6) is 0.0740. The zero-order valence-electron chi connectivity index (χ0n) is 18.9. The average Bonchev–Trinajstić information content (AvgIpc) is 2.98. The number of anilines is 1. The number of para-hydroxylation sites is 1. The van der Waals surface area contributed by atoms with Crippen LogP contribution in [0.4, 0.5) is 5.69 Å². The van der Waals surface area contributed by atoms with E-state index in [0.717, 1.165) is 23.5 Å². The van der Waals surface area contributed by atoms with Crippen molar-refractivity contribution >= 4 is 11.6 Å². The SMILES string of the molecule is Cc1cccc(C2(C)CC(C)(C)N(C(=O)Cn3nc(C)cc3C)c3ccccc32)c1. The predicted octanol–water partition coefficient (Wildman–Crippen LogP) is 5.33. The van der Waals surface area contributed by atoms with Crippen LogP contribution >= 0.6 is 0 Å². The van der Waals surface area contributed by atoms with E-state index in [2.05, 4.69) is 75.3 Å². The van der Waals surface area contributed by atoms with Crippen molar-refractivity contribution in [3.63, 3.8) is 0 Å². The highest BCUT2D eigenvalue weighted by molar-refractivity contribution is 5.96. The summed E-state index contributed by atoms with van der Waals surface area (Å²) in [7, 11) is 0. The number of hydrogen-bond donors (Lipinski definition) is 0. The van der Waals surface area contributed by atoms with E-state index < -0.39 is 0 Å². The minimum atomic E-state index is -0.333. The molecule has 0 bridgehead atoms. The quantitative estimate of drug-likeness (QED) is 0.595. The predicted molar refractivity (Wildman–Crippen MR) is 122 cm³/mol. The zero-order chi connectivity index (χ0) is 21.7. The molecule has 1 atom stereocenters.